The fourth-order valence-corrected chi connectivity index (χ4v) is 3.56. The van der Waals surface area contributed by atoms with Gasteiger partial charge in [-0.1, -0.05) is 41.9 Å². The van der Waals surface area contributed by atoms with Crippen LogP contribution in [-0.4, -0.2) is 29.9 Å². The Kier molecular flexibility index (Phi) is 6.50. The molecule has 1 aliphatic heterocycles. The number of amides is 1. The van der Waals surface area contributed by atoms with Gasteiger partial charge in [0.05, 0.1) is 16.5 Å². The van der Waals surface area contributed by atoms with Crippen molar-refractivity contribution in [3.63, 3.8) is 0 Å². The highest BCUT2D eigenvalue weighted by molar-refractivity contribution is 6.33. The van der Waals surface area contributed by atoms with Crippen molar-refractivity contribution < 1.29 is 27.5 Å². The second-order valence-corrected chi connectivity index (χ2v) is 7.33. The van der Waals surface area contributed by atoms with Gasteiger partial charge in [0.2, 0.25) is 6.10 Å². The molecule has 30 heavy (non-hydrogen) atoms. The minimum absolute atomic E-state index is 0.108. The summed E-state index contributed by atoms with van der Waals surface area (Å²) in [5.41, 5.74) is 4.94. The van der Waals surface area contributed by atoms with Crippen LogP contribution in [0, 0.1) is 5.92 Å². The molecule has 1 aromatic carbocycles. The molecule has 2 N–H and O–H groups in total. The van der Waals surface area contributed by atoms with Crippen LogP contribution in [0.25, 0.3) is 0 Å². The van der Waals surface area contributed by atoms with E-state index in [0.717, 1.165) is 12.3 Å². The summed E-state index contributed by atoms with van der Waals surface area (Å²) in [6.45, 7) is 0.703. The van der Waals surface area contributed by atoms with Gasteiger partial charge in [0.15, 0.2) is 0 Å². The Morgan fingerprint density at radius 3 is 2.37 bits per heavy atom. The van der Waals surface area contributed by atoms with Crippen LogP contribution >= 0.6 is 11.6 Å². The summed E-state index contributed by atoms with van der Waals surface area (Å²) in [6, 6.07) is 9.30. The van der Waals surface area contributed by atoms with Gasteiger partial charge in [-0.05, 0) is 18.9 Å². The van der Waals surface area contributed by atoms with E-state index in [0.29, 0.717) is 31.5 Å². The lowest BCUT2D eigenvalue weighted by Crippen LogP contribution is -2.38. The molecule has 1 saturated heterocycles. The summed E-state index contributed by atoms with van der Waals surface area (Å²) in [6.07, 6.45) is -4.22. The van der Waals surface area contributed by atoms with Crippen molar-refractivity contribution in [2.24, 2.45) is 11.7 Å². The van der Waals surface area contributed by atoms with Gasteiger partial charge < -0.3 is 15.4 Å². The lowest BCUT2D eigenvalue weighted by molar-refractivity contribution is -0.160. The number of hydrogen-bond donors (Lipinski definition) is 1. The minimum Gasteiger partial charge on any atom is -0.447 e. The van der Waals surface area contributed by atoms with Crippen molar-refractivity contribution in [3.05, 3.63) is 58.7 Å². The van der Waals surface area contributed by atoms with Crippen LogP contribution in [0.3, 0.4) is 0 Å². The molecule has 0 bridgehead atoms. The van der Waals surface area contributed by atoms with Crippen molar-refractivity contribution >= 4 is 29.3 Å². The number of alkyl halides is 3. The molecular formula is C20H19ClF3N3O3. The number of pyridine rings is 1. The second kappa shape index (κ2) is 8.91. The van der Waals surface area contributed by atoms with Crippen LogP contribution in [0.1, 0.15) is 30.1 Å². The Morgan fingerprint density at radius 2 is 1.83 bits per heavy atom. The van der Waals surface area contributed by atoms with Crippen molar-refractivity contribution in [2.75, 3.05) is 18.0 Å². The summed E-state index contributed by atoms with van der Waals surface area (Å²) in [5, 5.41) is -0.108. The second-order valence-electron chi connectivity index (χ2n) is 6.92. The van der Waals surface area contributed by atoms with E-state index in [9.17, 15) is 22.8 Å². The standard InChI is InChI=1S/C20H19ClF3N3O3/c21-15-10-14(20(22,23)24)11-26-18(15)27-8-6-13(7-9-27)19(29)30-16(17(25)28)12-4-2-1-3-5-12/h1-5,10-11,13,16H,6-9H2,(H2,25,28)/t16-/m1/s1. The predicted molar refractivity (Wildman–Crippen MR) is 104 cm³/mol. The maximum Gasteiger partial charge on any atom is 0.417 e. The van der Waals surface area contributed by atoms with E-state index >= 15 is 0 Å². The SMILES string of the molecule is NC(=O)[C@H](OC(=O)C1CCN(c2ncc(C(F)(F)F)cc2Cl)CC1)c1ccccc1. The number of aromatic nitrogens is 1. The topological polar surface area (TPSA) is 85.5 Å². The summed E-state index contributed by atoms with van der Waals surface area (Å²) in [7, 11) is 0. The number of rotatable bonds is 5. The first kappa shape index (κ1) is 21.9. The Morgan fingerprint density at radius 1 is 1.20 bits per heavy atom. The third-order valence-corrected chi connectivity index (χ3v) is 5.15. The highest BCUT2D eigenvalue weighted by Crippen LogP contribution is 2.35. The molecule has 1 amide bonds. The Hall–Kier alpha value is -2.81. The van der Waals surface area contributed by atoms with Gasteiger partial charge in [0, 0.05) is 24.8 Å². The fraction of sp³-hybridized carbons (Fsp3) is 0.350. The van der Waals surface area contributed by atoms with E-state index in [-0.39, 0.29) is 10.8 Å². The summed E-state index contributed by atoms with van der Waals surface area (Å²) in [5.74, 6) is -1.56. The summed E-state index contributed by atoms with van der Waals surface area (Å²) >= 11 is 5.99. The molecule has 1 fully saturated rings. The number of ether oxygens (including phenoxy) is 1. The van der Waals surface area contributed by atoms with E-state index in [1.807, 2.05) is 0 Å². The average Bonchev–Trinajstić information content (AvgIpc) is 2.71. The lowest BCUT2D eigenvalue weighted by Gasteiger charge is -2.32. The van der Waals surface area contributed by atoms with Gasteiger partial charge in [-0.3, -0.25) is 9.59 Å². The van der Waals surface area contributed by atoms with Gasteiger partial charge in [0.25, 0.3) is 5.91 Å². The van der Waals surface area contributed by atoms with E-state index in [1.165, 1.54) is 0 Å². The molecule has 1 aliphatic rings. The number of piperidine rings is 1. The normalized spacial score (nSPS) is 16.2. The maximum atomic E-state index is 12.8. The molecule has 0 spiro atoms. The monoisotopic (exact) mass is 441 g/mol. The average molecular weight is 442 g/mol. The van der Waals surface area contributed by atoms with Crippen LogP contribution < -0.4 is 10.6 Å². The number of hydrogen-bond acceptors (Lipinski definition) is 5. The van der Waals surface area contributed by atoms with E-state index in [1.54, 1.807) is 35.2 Å². The first-order valence-electron chi connectivity index (χ1n) is 9.19. The quantitative estimate of drug-likeness (QED) is 0.714. The van der Waals surface area contributed by atoms with E-state index in [2.05, 4.69) is 4.98 Å². The Bertz CT molecular complexity index is 917. The third kappa shape index (κ3) is 5.02. The number of nitrogens with two attached hydrogens (primary N) is 1. The number of benzene rings is 1. The van der Waals surface area contributed by atoms with Crippen LogP contribution in [0.2, 0.25) is 5.02 Å². The molecule has 0 aliphatic carbocycles. The number of primary amides is 1. The molecule has 3 rings (SSSR count). The Balaban J connectivity index is 1.62. The van der Waals surface area contributed by atoms with Crippen molar-refractivity contribution in [1.82, 2.24) is 4.98 Å². The fourth-order valence-electron chi connectivity index (χ4n) is 3.28. The minimum atomic E-state index is -4.53. The zero-order valence-corrected chi connectivity index (χ0v) is 16.5. The molecule has 0 radical (unpaired) electrons. The predicted octanol–water partition coefficient (Wildman–Crippen LogP) is 3.74. The maximum absolute atomic E-state index is 12.8. The van der Waals surface area contributed by atoms with E-state index < -0.39 is 35.6 Å². The van der Waals surface area contributed by atoms with Gasteiger partial charge in [-0.2, -0.15) is 13.2 Å². The smallest absolute Gasteiger partial charge is 0.417 e. The van der Waals surface area contributed by atoms with Crippen LogP contribution in [0.15, 0.2) is 42.6 Å². The number of halogens is 4. The molecular weight excluding hydrogens is 423 g/mol. The molecule has 1 aromatic heterocycles. The molecule has 2 aromatic rings. The number of anilines is 1. The molecule has 1 atom stereocenters. The molecule has 160 valence electrons. The van der Waals surface area contributed by atoms with Crippen LogP contribution in [0.5, 0.6) is 0 Å². The molecule has 10 heteroatoms. The van der Waals surface area contributed by atoms with Gasteiger partial charge >= 0.3 is 12.1 Å². The lowest BCUT2D eigenvalue weighted by atomic mass is 9.96. The molecule has 0 unspecified atom stereocenters. The first-order chi connectivity index (χ1) is 14.2. The summed E-state index contributed by atoms with van der Waals surface area (Å²) in [4.78, 5) is 29.8. The molecule has 2 heterocycles. The largest absolute Gasteiger partial charge is 0.447 e. The van der Waals surface area contributed by atoms with Gasteiger partial charge in [0.1, 0.15) is 5.82 Å². The van der Waals surface area contributed by atoms with Crippen LogP contribution in [-0.2, 0) is 20.5 Å². The van der Waals surface area contributed by atoms with Crippen molar-refractivity contribution in [1.29, 1.82) is 0 Å². The molecule has 0 saturated carbocycles. The van der Waals surface area contributed by atoms with Gasteiger partial charge in [-0.25, -0.2) is 4.98 Å². The van der Waals surface area contributed by atoms with Crippen molar-refractivity contribution in [3.8, 4) is 0 Å². The zero-order valence-electron chi connectivity index (χ0n) is 15.7. The Labute approximate surface area is 175 Å². The zero-order chi connectivity index (χ0) is 21.9. The first-order valence-corrected chi connectivity index (χ1v) is 9.57. The highest BCUT2D eigenvalue weighted by Gasteiger charge is 2.34. The number of carbonyl (C=O) groups is 2. The molecule has 6 nitrogen and oxygen atoms in total. The highest BCUT2D eigenvalue weighted by atomic mass is 35.5. The number of nitrogens with zero attached hydrogens (tertiary/aromatic N) is 2. The van der Waals surface area contributed by atoms with Crippen LogP contribution in [0.4, 0.5) is 19.0 Å². The van der Waals surface area contributed by atoms with E-state index in [4.69, 9.17) is 22.1 Å². The number of esters is 1. The third-order valence-electron chi connectivity index (χ3n) is 4.87. The van der Waals surface area contributed by atoms with Gasteiger partial charge in [-0.15, -0.1) is 0 Å². The summed E-state index contributed by atoms with van der Waals surface area (Å²) < 4.78 is 43.7. The van der Waals surface area contributed by atoms with Crippen molar-refractivity contribution in [2.45, 2.75) is 25.1 Å². The number of carbonyl (C=O) groups excluding carboxylic acids is 2.